The van der Waals surface area contributed by atoms with Gasteiger partial charge in [0.25, 0.3) is 0 Å². The van der Waals surface area contributed by atoms with Gasteiger partial charge < -0.3 is 5.11 Å². The third-order valence-electron chi connectivity index (χ3n) is 4.46. The Kier molecular flexibility index (Phi) is 13.0. The summed E-state index contributed by atoms with van der Waals surface area (Å²) in [5.41, 5.74) is 7.84. The van der Waals surface area contributed by atoms with Crippen LogP contribution in [-0.4, -0.2) is 26.7 Å². The molecule has 0 spiro atoms. The summed E-state index contributed by atoms with van der Waals surface area (Å²) in [5, 5.41) is 9.26. The van der Waals surface area contributed by atoms with E-state index in [0.29, 0.717) is 12.3 Å². The summed E-state index contributed by atoms with van der Waals surface area (Å²) < 4.78 is 0. The van der Waals surface area contributed by atoms with E-state index in [4.69, 9.17) is 15.0 Å². The average Bonchev–Trinajstić information content (AvgIpc) is 2.75. The maximum atomic E-state index is 9.26. The second kappa shape index (κ2) is 14.0. The first kappa shape index (κ1) is 26.9. The summed E-state index contributed by atoms with van der Waals surface area (Å²) in [7, 11) is 0. The molecule has 4 heteroatoms. The third kappa shape index (κ3) is 7.04. The molecule has 0 bridgehead atoms. The summed E-state index contributed by atoms with van der Waals surface area (Å²) in [6.07, 6.45) is 3.46. The smallest absolute Gasteiger partial charge is 0.0936 e. The maximum absolute atomic E-state index is 9.26. The van der Waals surface area contributed by atoms with E-state index in [9.17, 15) is 5.11 Å². The third-order valence-corrected chi connectivity index (χ3v) is 4.46. The summed E-state index contributed by atoms with van der Waals surface area (Å²) in [4.78, 5) is 14.5. The van der Waals surface area contributed by atoms with E-state index in [1.165, 1.54) is 0 Å². The van der Waals surface area contributed by atoms with Gasteiger partial charge in [0.05, 0.1) is 22.8 Å². The molecule has 0 saturated carbocycles. The molecule has 0 aromatic carbocycles. The molecule has 0 saturated heterocycles. The maximum Gasteiger partial charge on any atom is 0.0936 e. The van der Waals surface area contributed by atoms with E-state index < -0.39 is 0 Å². The number of aryl methyl sites for hydroxylation is 3. The second-order valence-corrected chi connectivity index (χ2v) is 6.62. The first-order valence-electron chi connectivity index (χ1n) is 11.0. The average molecular weight is 400 g/mol. The van der Waals surface area contributed by atoms with Crippen LogP contribution in [0.5, 0.6) is 0 Å². The van der Waals surface area contributed by atoms with Crippen molar-refractivity contribution in [2.75, 3.05) is 6.61 Å². The molecule has 0 atom stereocenters. The lowest BCUT2D eigenvalue weighted by atomic mass is 10.0. The monoisotopic (exact) mass is 399 g/mol. The number of pyridine rings is 1. The molecule has 29 heavy (non-hydrogen) atoms. The lowest BCUT2D eigenvalue weighted by Crippen LogP contribution is -2.06. The van der Waals surface area contributed by atoms with Crippen molar-refractivity contribution in [1.29, 1.82) is 0 Å². The van der Waals surface area contributed by atoms with Crippen LogP contribution in [0.2, 0.25) is 0 Å². The quantitative estimate of drug-likeness (QED) is 0.588. The Balaban J connectivity index is 0.00000184. The molecule has 2 heterocycles. The number of hydrogen-bond acceptors (Lipinski definition) is 4. The molecule has 2 aromatic heterocycles. The molecule has 1 N–H and O–H groups in total. The minimum Gasteiger partial charge on any atom is -0.396 e. The van der Waals surface area contributed by atoms with E-state index in [0.717, 1.165) is 51.7 Å². The zero-order chi connectivity index (χ0) is 22.6. The van der Waals surface area contributed by atoms with Crippen LogP contribution in [0.25, 0.3) is 16.8 Å². The molecule has 2 rings (SSSR count). The largest absolute Gasteiger partial charge is 0.396 e. The van der Waals surface area contributed by atoms with Crippen LogP contribution < -0.4 is 0 Å². The Hall–Kier alpha value is -2.07. The van der Waals surface area contributed by atoms with Gasteiger partial charge in [0.2, 0.25) is 0 Å². The Morgan fingerprint density at radius 1 is 1.00 bits per heavy atom. The molecule has 162 valence electrons. The van der Waals surface area contributed by atoms with Crippen molar-refractivity contribution >= 4 is 5.57 Å². The van der Waals surface area contributed by atoms with Gasteiger partial charge in [-0.3, -0.25) is 4.98 Å². The summed E-state index contributed by atoms with van der Waals surface area (Å²) >= 11 is 0. The Morgan fingerprint density at radius 2 is 1.62 bits per heavy atom. The van der Waals surface area contributed by atoms with Gasteiger partial charge in [0.1, 0.15) is 0 Å². The molecule has 0 radical (unpaired) electrons. The van der Waals surface area contributed by atoms with Crippen molar-refractivity contribution in [3.63, 3.8) is 0 Å². The highest BCUT2D eigenvalue weighted by molar-refractivity contribution is 5.69. The molecule has 0 aliphatic heterocycles. The summed E-state index contributed by atoms with van der Waals surface area (Å²) in [6, 6.07) is 4.22. The highest BCUT2D eigenvalue weighted by atomic mass is 16.2. The first-order chi connectivity index (χ1) is 13.9. The minimum absolute atomic E-state index is 0.113. The standard InChI is InChI=1S/C21H29N3O.2C2H6/c1-7-16(11-12-25)20-14(5)23-21(15(6)22-20)17-9-10-19(13(3)4)24-18(17)8-2;2*1-2/h7,9-10,13,25H,8,11-12H2,1-6H3;2*1-2H3/b16-7-;;. The summed E-state index contributed by atoms with van der Waals surface area (Å²) in [5.74, 6) is 0.409. The van der Waals surface area contributed by atoms with E-state index in [1.54, 1.807) is 0 Å². The lowest BCUT2D eigenvalue weighted by Gasteiger charge is -2.15. The van der Waals surface area contributed by atoms with Crippen LogP contribution in [0.4, 0.5) is 0 Å². The van der Waals surface area contributed by atoms with E-state index in [2.05, 4.69) is 32.9 Å². The predicted molar refractivity (Wildman–Crippen MR) is 126 cm³/mol. The zero-order valence-electron chi connectivity index (χ0n) is 20.2. The molecular weight excluding hydrogens is 358 g/mol. The van der Waals surface area contributed by atoms with Crippen LogP contribution in [0, 0.1) is 13.8 Å². The molecular formula is C25H41N3O. The Bertz CT molecular complexity index is 780. The van der Waals surface area contributed by atoms with Crippen LogP contribution in [0.15, 0.2) is 18.2 Å². The van der Waals surface area contributed by atoms with Gasteiger partial charge in [-0.1, -0.05) is 54.5 Å². The minimum atomic E-state index is 0.113. The van der Waals surface area contributed by atoms with E-state index >= 15 is 0 Å². The summed E-state index contributed by atoms with van der Waals surface area (Å²) in [6.45, 7) is 20.5. The fourth-order valence-electron chi connectivity index (χ4n) is 3.01. The fraction of sp³-hybridized carbons (Fsp3) is 0.560. The zero-order valence-corrected chi connectivity index (χ0v) is 20.2. The highest BCUT2D eigenvalue weighted by Gasteiger charge is 2.16. The van der Waals surface area contributed by atoms with Gasteiger partial charge >= 0.3 is 0 Å². The van der Waals surface area contributed by atoms with Crippen LogP contribution in [0.1, 0.15) is 96.2 Å². The SMILES string of the molecule is C/C=C(/CCO)c1nc(C)c(-c2ccc(C(C)C)nc2CC)nc1C.CC.CC. The number of rotatable bonds is 6. The van der Waals surface area contributed by atoms with Crippen molar-refractivity contribution in [1.82, 2.24) is 15.0 Å². The van der Waals surface area contributed by atoms with Gasteiger partial charge in [-0.25, -0.2) is 9.97 Å². The molecule has 0 aliphatic rings. The number of aromatic nitrogens is 3. The normalized spacial score (nSPS) is 10.8. The first-order valence-corrected chi connectivity index (χ1v) is 11.0. The van der Waals surface area contributed by atoms with E-state index in [1.807, 2.05) is 54.5 Å². The van der Waals surface area contributed by atoms with Crippen molar-refractivity contribution in [2.45, 2.75) is 88.0 Å². The fourth-order valence-corrected chi connectivity index (χ4v) is 3.01. The van der Waals surface area contributed by atoms with Crippen molar-refractivity contribution < 1.29 is 5.11 Å². The molecule has 4 nitrogen and oxygen atoms in total. The van der Waals surface area contributed by atoms with Gasteiger partial charge in [-0.05, 0) is 57.2 Å². The van der Waals surface area contributed by atoms with Gasteiger partial charge in [-0.15, -0.1) is 0 Å². The van der Waals surface area contributed by atoms with Crippen molar-refractivity contribution in [3.05, 3.63) is 46.7 Å². The van der Waals surface area contributed by atoms with E-state index in [-0.39, 0.29) is 6.61 Å². The molecule has 2 aromatic rings. The highest BCUT2D eigenvalue weighted by Crippen LogP contribution is 2.28. The number of nitrogens with zero attached hydrogens (tertiary/aromatic N) is 3. The molecule has 0 fully saturated rings. The number of hydrogen-bond donors (Lipinski definition) is 1. The van der Waals surface area contributed by atoms with Crippen LogP contribution in [-0.2, 0) is 6.42 Å². The second-order valence-electron chi connectivity index (χ2n) is 6.62. The molecule has 0 aliphatic carbocycles. The predicted octanol–water partition coefficient (Wildman–Crippen LogP) is 6.68. The number of aliphatic hydroxyl groups excluding tert-OH is 1. The van der Waals surface area contributed by atoms with Crippen molar-refractivity contribution in [2.24, 2.45) is 0 Å². The van der Waals surface area contributed by atoms with Crippen LogP contribution in [0.3, 0.4) is 0 Å². The van der Waals surface area contributed by atoms with Gasteiger partial charge in [-0.2, -0.15) is 0 Å². The number of allylic oxidation sites excluding steroid dienone is 1. The van der Waals surface area contributed by atoms with Gasteiger partial charge in [0.15, 0.2) is 0 Å². The topological polar surface area (TPSA) is 58.9 Å². The van der Waals surface area contributed by atoms with Crippen LogP contribution >= 0.6 is 0 Å². The Morgan fingerprint density at radius 3 is 2.10 bits per heavy atom. The molecule has 0 amide bonds. The Labute approximate surface area is 178 Å². The lowest BCUT2D eigenvalue weighted by molar-refractivity contribution is 0.305. The van der Waals surface area contributed by atoms with Crippen molar-refractivity contribution in [3.8, 4) is 11.3 Å². The number of aliphatic hydroxyl groups is 1. The van der Waals surface area contributed by atoms with Gasteiger partial charge in [0, 0.05) is 23.6 Å². The molecule has 0 unspecified atom stereocenters.